The third kappa shape index (κ3) is 3.90. The molecule has 0 aliphatic rings. The number of aromatic hydroxyl groups is 1. The minimum Gasteiger partial charge on any atom is -0.507 e. The van der Waals surface area contributed by atoms with Gasteiger partial charge in [-0.3, -0.25) is 4.79 Å². The van der Waals surface area contributed by atoms with Crippen molar-refractivity contribution in [1.29, 1.82) is 0 Å². The van der Waals surface area contributed by atoms with Crippen molar-refractivity contribution in [2.45, 2.75) is 11.8 Å². The summed E-state index contributed by atoms with van der Waals surface area (Å²) in [6.07, 6.45) is 0. The number of phenols is 1. The molecule has 23 heavy (non-hydrogen) atoms. The van der Waals surface area contributed by atoms with Gasteiger partial charge in [0.05, 0.1) is 6.54 Å². The van der Waals surface area contributed by atoms with E-state index in [1.54, 1.807) is 25.1 Å². The van der Waals surface area contributed by atoms with Gasteiger partial charge < -0.3 is 5.11 Å². The minimum atomic E-state index is -3.97. The fraction of sp³-hybridized carbons (Fsp3) is 0.188. The first kappa shape index (κ1) is 17.5. The van der Waals surface area contributed by atoms with Gasteiger partial charge in [0, 0.05) is 17.6 Å². The normalized spacial score (nSPS) is 11.7. The van der Waals surface area contributed by atoms with Gasteiger partial charge in [0.15, 0.2) is 5.78 Å². The number of aryl methyl sites for hydroxylation is 1. The molecular weight excluding hydrogens is 338 g/mol. The molecule has 0 radical (unpaired) electrons. The zero-order chi connectivity index (χ0) is 17.2. The Kier molecular flexibility index (Phi) is 5.09. The molecule has 0 amide bonds. The summed E-state index contributed by atoms with van der Waals surface area (Å²) in [5, 5.41) is 10.3. The molecule has 1 N–H and O–H groups in total. The van der Waals surface area contributed by atoms with Crippen molar-refractivity contribution in [2.24, 2.45) is 0 Å². The third-order valence-electron chi connectivity index (χ3n) is 3.34. The van der Waals surface area contributed by atoms with Crippen LogP contribution in [0.3, 0.4) is 0 Å². The molecule has 2 rings (SSSR count). The van der Waals surface area contributed by atoms with Gasteiger partial charge in [-0.15, -0.1) is 0 Å². The van der Waals surface area contributed by atoms with E-state index in [2.05, 4.69) is 0 Å². The highest BCUT2D eigenvalue weighted by Gasteiger charge is 2.26. The predicted octanol–water partition coefficient (Wildman–Crippen LogP) is 2.86. The molecule has 2 aromatic carbocycles. The van der Waals surface area contributed by atoms with Crippen LogP contribution in [0.1, 0.15) is 15.9 Å². The van der Waals surface area contributed by atoms with Crippen LogP contribution < -0.4 is 0 Å². The van der Waals surface area contributed by atoms with Crippen molar-refractivity contribution in [1.82, 2.24) is 4.31 Å². The lowest BCUT2D eigenvalue weighted by molar-refractivity contribution is 0.0973. The molecule has 0 aromatic heterocycles. The highest BCUT2D eigenvalue weighted by molar-refractivity contribution is 7.89. The lowest BCUT2D eigenvalue weighted by Gasteiger charge is -2.17. The van der Waals surface area contributed by atoms with E-state index >= 15 is 0 Å². The molecule has 0 saturated heterocycles. The summed E-state index contributed by atoms with van der Waals surface area (Å²) in [4.78, 5) is 12.0. The van der Waals surface area contributed by atoms with Crippen molar-refractivity contribution in [2.75, 3.05) is 13.6 Å². The fourth-order valence-electron chi connectivity index (χ4n) is 2.01. The molecule has 0 atom stereocenters. The van der Waals surface area contributed by atoms with Crippen molar-refractivity contribution in [3.8, 4) is 5.75 Å². The molecule has 122 valence electrons. The summed E-state index contributed by atoms with van der Waals surface area (Å²) in [6, 6.07) is 10.5. The molecular formula is C16H16ClNO4S. The van der Waals surface area contributed by atoms with E-state index in [0.29, 0.717) is 16.1 Å². The molecule has 0 aliphatic heterocycles. The molecule has 2 aromatic rings. The average Bonchev–Trinajstić information content (AvgIpc) is 2.50. The molecule has 7 heteroatoms. The van der Waals surface area contributed by atoms with Crippen LogP contribution >= 0.6 is 11.6 Å². The number of hydrogen-bond acceptors (Lipinski definition) is 4. The number of benzene rings is 2. The number of ketones is 1. The van der Waals surface area contributed by atoms with Gasteiger partial charge in [-0.1, -0.05) is 17.7 Å². The Labute approximate surface area is 140 Å². The zero-order valence-electron chi connectivity index (χ0n) is 12.7. The lowest BCUT2D eigenvalue weighted by Crippen LogP contribution is -2.32. The van der Waals surface area contributed by atoms with Gasteiger partial charge in [0.1, 0.15) is 10.6 Å². The first-order chi connectivity index (χ1) is 10.7. The van der Waals surface area contributed by atoms with Gasteiger partial charge in [-0.05, 0) is 48.9 Å². The number of likely N-dealkylation sites (N-methyl/N-ethyl adjacent to an activating group) is 1. The maximum atomic E-state index is 12.5. The Balaban J connectivity index is 2.25. The Bertz CT molecular complexity index is 832. The topological polar surface area (TPSA) is 74.7 Å². The number of nitrogens with zero attached hydrogens (tertiary/aromatic N) is 1. The van der Waals surface area contributed by atoms with Gasteiger partial charge in [0.2, 0.25) is 10.0 Å². The molecule has 0 fully saturated rings. The SMILES string of the molecule is Cc1ccc(O)c(S(=O)(=O)N(C)CC(=O)c2ccc(Cl)cc2)c1. The first-order valence-electron chi connectivity index (χ1n) is 6.76. The van der Waals surface area contributed by atoms with E-state index in [0.717, 1.165) is 4.31 Å². The molecule has 0 unspecified atom stereocenters. The first-order valence-corrected chi connectivity index (χ1v) is 8.58. The van der Waals surface area contributed by atoms with E-state index in [-0.39, 0.29) is 23.0 Å². The number of carbonyl (C=O) groups is 1. The van der Waals surface area contributed by atoms with E-state index in [4.69, 9.17) is 11.6 Å². The van der Waals surface area contributed by atoms with E-state index in [1.165, 1.54) is 31.3 Å². The quantitative estimate of drug-likeness (QED) is 0.839. The van der Waals surface area contributed by atoms with Crippen LogP contribution in [0.15, 0.2) is 47.4 Å². The van der Waals surface area contributed by atoms with Gasteiger partial charge >= 0.3 is 0 Å². The maximum Gasteiger partial charge on any atom is 0.246 e. The predicted molar refractivity (Wildman–Crippen MR) is 88.4 cm³/mol. The summed E-state index contributed by atoms with van der Waals surface area (Å²) >= 11 is 5.76. The Morgan fingerprint density at radius 1 is 1.17 bits per heavy atom. The van der Waals surface area contributed by atoms with E-state index < -0.39 is 10.0 Å². The number of sulfonamides is 1. The number of halogens is 1. The summed E-state index contributed by atoms with van der Waals surface area (Å²) in [7, 11) is -2.67. The molecule has 0 saturated carbocycles. The lowest BCUT2D eigenvalue weighted by atomic mass is 10.1. The van der Waals surface area contributed by atoms with E-state index in [9.17, 15) is 18.3 Å². The average molecular weight is 354 g/mol. The Morgan fingerprint density at radius 3 is 2.39 bits per heavy atom. The standard InChI is InChI=1S/C16H16ClNO4S/c1-11-3-8-14(19)16(9-11)23(21,22)18(2)10-15(20)12-4-6-13(17)7-5-12/h3-9,19H,10H2,1-2H3. The van der Waals surface area contributed by atoms with E-state index in [1.807, 2.05) is 0 Å². The second-order valence-corrected chi connectivity index (χ2v) is 7.61. The maximum absolute atomic E-state index is 12.5. The number of Topliss-reactive ketones (excluding diaryl/α,β-unsaturated/α-hetero) is 1. The van der Waals surface area contributed by atoms with Crippen LogP contribution in [0.5, 0.6) is 5.75 Å². The highest BCUT2D eigenvalue weighted by atomic mass is 35.5. The van der Waals surface area contributed by atoms with Crippen molar-refractivity contribution in [3.63, 3.8) is 0 Å². The molecule has 0 bridgehead atoms. The molecule has 0 spiro atoms. The number of rotatable bonds is 5. The smallest absolute Gasteiger partial charge is 0.246 e. The minimum absolute atomic E-state index is 0.219. The molecule has 5 nitrogen and oxygen atoms in total. The number of carbonyl (C=O) groups excluding carboxylic acids is 1. The zero-order valence-corrected chi connectivity index (χ0v) is 14.2. The van der Waals surface area contributed by atoms with Crippen molar-refractivity contribution >= 4 is 27.4 Å². The summed E-state index contributed by atoms with van der Waals surface area (Å²) < 4.78 is 26.0. The fourth-order valence-corrected chi connectivity index (χ4v) is 3.43. The van der Waals surface area contributed by atoms with Crippen LogP contribution in [-0.4, -0.2) is 37.2 Å². The second kappa shape index (κ2) is 6.70. The highest BCUT2D eigenvalue weighted by Crippen LogP contribution is 2.26. The number of phenolic OH excluding ortho intramolecular Hbond substituents is 1. The molecule has 0 heterocycles. The Hall–Kier alpha value is -1.89. The van der Waals surface area contributed by atoms with Gasteiger partial charge in [-0.25, -0.2) is 8.42 Å². The second-order valence-electron chi connectivity index (χ2n) is 5.16. The van der Waals surface area contributed by atoms with Crippen LogP contribution in [0.2, 0.25) is 5.02 Å². The summed E-state index contributed by atoms with van der Waals surface area (Å²) in [6.45, 7) is 1.38. The summed E-state index contributed by atoms with van der Waals surface area (Å²) in [5.41, 5.74) is 1.06. The van der Waals surface area contributed by atoms with Crippen LogP contribution in [0.4, 0.5) is 0 Å². The third-order valence-corrected chi connectivity index (χ3v) is 5.42. The Morgan fingerprint density at radius 2 is 1.78 bits per heavy atom. The number of hydrogen-bond donors (Lipinski definition) is 1. The molecule has 0 aliphatic carbocycles. The van der Waals surface area contributed by atoms with Gasteiger partial charge in [-0.2, -0.15) is 4.31 Å². The van der Waals surface area contributed by atoms with Crippen LogP contribution in [0, 0.1) is 6.92 Å². The largest absolute Gasteiger partial charge is 0.507 e. The van der Waals surface area contributed by atoms with Crippen LogP contribution in [-0.2, 0) is 10.0 Å². The van der Waals surface area contributed by atoms with Crippen molar-refractivity contribution < 1.29 is 18.3 Å². The van der Waals surface area contributed by atoms with Crippen molar-refractivity contribution in [3.05, 3.63) is 58.6 Å². The van der Waals surface area contributed by atoms with Gasteiger partial charge in [0.25, 0.3) is 0 Å². The monoisotopic (exact) mass is 353 g/mol. The van der Waals surface area contributed by atoms with Crippen LogP contribution in [0.25, 0.3) is 0 Å². The summed E-state index contributed by atoms with van der Waals surface area (Å²) in [5.74, 6) is -0.707.